The minimum Gasteiger partial charge on any atom is -0.396 e. The fourth-order valence-corrected chi connectivity index (χ4v) is 1.11. The van der Waals surface area contributed by atoms with Crippen molar-refractivity contribution in [2.45, 2.75) is 13.0 Å². The maximum Gasteiger partial charge on any atom is 0.165 e. The minimum absolute atomic E-state index is 0.0306. The number of nitrogens with two attached hydrogens (primary N) is 1. The lowest BCUT2D eigenvalue weighted by molar-refractivity contribution is 0.199. The van der Waals surface area contributed by atoms with Gasteiger partial charge in [-0.2, -0.15) is 0 Å². The number of anilines is 1. The summed E-state index contributed by atoms with van der Waals surface area (Å²) < 4.78 is 13.0. The monoisotopic (exact) mass is 189 g/mol. The van der Waals surface area contributed by atoms with Gasteiger partial charge in [-0.3, -0.25) is 0 Å². The summed E-state index contributed by atoms with van der Waals surface area (Å²) in [6, 6.07) is 2.88. The normalized spacial score (nSPS) is 13.0. The number of nitrogen functional groups attached to an aromatic ring is 1. The largest absolute Gasteiger partial charge is 0.396 e. The van der Waals surface area contributed by atoms with E-state index in [0.717, 1.165) is 0 Å². The van der Waals surface area contributed by atoms with Crippen molar-refractivity contribution < 1.29 is 9.50 Å². The smallest absolute Gasteiger partial charge is 0.165 e. The number of rotatable bonds is 1. The van der Waals surface area contributed by atoms with Crippen LogP contribution in [0.25, 0.3) is 0 Å². The van der Waals surface area contributed by atoms with Gasteiger partial charge in [-0.25, -0.2) is 4.39 Å². The number of hydrogen-bond acceptors (Lipinski definition) is 2. The first kappa shape index (κ1) is 9.29. The quantitative estimate of drug-likeness (QED) is 0.665. The van der Waals surface area contributed by atoms with Crippen LogP contribution in [0.2, 0.25) is 5.02 Å². The summed E-state index contributed by atoms with van der Waals surface area (Å²) in [4.78, 5) is 0. The van der Waals surface area contributed by atoms with Gasteiger partial charge in [0.15, 0.2) is 5.82 Å². The molecule has 0 saturated carbocycles. The Bertz CT molecular complexity index is 301. The van der Waals surface area contributed by atoms with Crippen molar-refractivity contribution in [1.82, 2.24) is 0 Å². The fraction of sp³-hybridized carbons (Fsp3) is 0.250. The molecule has 1 atom stereocenters. The topological polar surface area (TPSA) is 46.2 Å². The number of aliphatic hydroxyl groups excluding tert-OH is 1. The Morgan fingerprint density at radius 2 is 2.17 bits per heavy atom. The van der Waals surface area contributed by atoms with Crippen LogP contribution in [0, 0.1) is 5.82 Å². The number of benzene rings is 1. The predicted molar refractivity (Wildman–Crippen MR) is 46.5 cm³/mol. The second-order valence-corrected chi connectivity index (χ2v) is 2.95. The van der Waals surface area contributed by atoms with Crippen molar-refractivity contribution in [2.75, 3.05) is 5.73 Å². The van der Waals surface area contributed by atoms with Crippen molar-refractivity contribution in [3.05, 3.63) is 28.5 Å². The summed E-state index contributed by atoms with van der Waals surface area (Å²) in [6.45, 7) is 1.51. The van der Waals surface area contributed by atoms with Gasteiger partial charge in [0.1, 0.15) is 0 Å². The molecule has 66 valence electrons. The maximum atomic E-state index is 13.0. The Kier molecular flexibility index (Phi) is 2.55. The van der Waals surface area contributed by atoms with E-state index in [1.54, 1.807) is 0 Å². The zero-order valence-electron chi connectivity index (χ0n) is 6.51. The lowest BCUT2D eigenvalue weighted by atomic mass is 10.1. The van der Waals surface area contributed by atoms with Crippen molar-refractivity contribution in [3.8, 4) is 0 Å². The van der Waals surface area contributed by atoms with Gasteiger partial charge in [0.2, 0.25) is 0 Å². The molecule has 3 N–H and O–H groups in total. The fourth-order valence-electron chi connectivity index (χ4n) is 0.946. The predicted octanol–water partition coefficient (Wildman–Crippen LogP) is 2.11. The molecule has 1 aromatic carbocycles. The highest BCUT2D eigenvalue weighted by molar-refractivity contribution is 6.31. The number of hydrogen-bond donors (Lipinski definition) is 2. The third-order valence-corrected chi connectivity index (χ3v) is 1.91. The second-order valence-electron chi connectivity index (χ2n) is 2.54. The lowest BCUT2D eigenvalue weighted by Crippen LogP contribution is -2.01. The Labute approximate surface area is 74.8 Å². The van der Waals surface area contributed by atoms with Gasteiger partial charge >= 0.3 is 0 Å². The summed E-state index contributed by atoms with van der Waals surface area (Å²) in [5.74, 6) is -0.671. The molecule has 1 rings (SSSR count). The van der Waals surface area contributed by atoms with Gasteiger partial charge in [0, 0.05) is 5.56 Å². The van der Waals surface area contributed by atoms with Crippen LogP contribution in [-0.4, -0.2) is 5.11 Å². The average Bonchev–Trinajstić information content (AvgIpc) is 2.00. The highest BCUT2D eigenvalue weighted by Crippen LogP contribution is 2.27. The van der Waals surface area contributed by atoms with Crippen LogP contribution in [0.4, 0.5) is 10.1 Å². The molecule has 0 fully saturated rings. The Hall–Kier alpha value is -0.800. The van der Waals surface area contributed by atoms with E-state index in [1.165, 1.54) is 19.1 Å². The summed E-state index contributed by atoms with van der Waals surface area (Å²) in [6.07, 6.45) is -0.781. The first-order valence-electron chi connectivity index (χ1n) is 3.45. The highest BCUT2D eigenvalue weighted by atomic mass is 35.5. The molecule has 0 heterocycles. The summed E-state index contributed by atoms with van der Waals surface area (Å²) in [5.41, 5.74) is 5.64. The molecule has 0 aliphatic rings. The summed E-state index contributed by atoms with van der Waals surface area (Å²) in [5, 5.41) is 9.10. The van der Waals surface area contributed by atoms with Gasteiger partial charge < -0.3 is 10.8 Å². The van der Waals surface area contributed by atoms with Crippen LogP contribution in [0.1, 0.15) is 18.6 Å². The molecule has 1 unspecified atom stereocenters. The Morgan fingerprint density at radius 1 is 1.58 bits per heavy atom. The molecule has 0 bridgehead atoms. The molecule has 2 nitrogen and oxygen atoms in total. The highest BCUT2D eigenvalue weighted by Gasteiger charge is 2.11. The standard InChI is InChI=1S/C8H9ClFNO/c1-4(12)5-2-3-6(9)7(10)8(5)11/h2-4,12H,11H2,1H3. The molecule has 4 heteroatoms. The number of aliphatic hydroxyl groups is 1. The molecule has 0 amide bonds. The Balaban J connectivity index is 3.27. The van der Waals surface area contributed by atoms with Gasteiger partial charge in [0.25, 0.3) is 0 Å². The zero-order chi connectivity index (χ0) is 9.30. The number of halogens is 2. The zero-order valence-corrected chi connectivity index (χ0v) is 7.27. The molecule has 12 heavy (non-hydrogen) atoms. The van der Waals surface area contributed by atoms with Crippen molar-refractivity contribution >= 4 is 17.3 Å². The van der Waals surface area contributed by atoms with Gasteiger partial charge in [-0.1, -0.05) is 17.7 Å². The van der Waals surface area contributed by atoms with Crippen molar-refractivity contribution in [2.24, 2.45) is 0 Å². The third kappa shape index (κ3) is 1.52. The molecule has 0 aliphatic carbocycles. The second kappa shape index (κ2) is 3.29. The van der Waals surface area contributed by atoms with Crippen molar-refractivity contribution in [1.29, 1.82) is 0 Å². The van der Waals surface area contributed by atoms with E-state index in [2.05, 4.69) is 0 Å². The lowest BCUT2D eigenvalue weighted by Gasteiger charge is -2.09. The molecular weight excluding hydrogens is 181 g/mol. The van der Waals surface area contributed by atoms with E-state index in [4.69, 9.17) is 22.4 Å². The summed E-state index contributed by atoms with van der Waals surface area (Å²) in [7, 11) is 0. The summed E-state index contributed by atoms with van der Waals surface area (Å²) >= 11 is 5.45. The van der Waals surface area contributed by atoms with E-state index >= 15 is 0 Å². The molecule has 0 saturated heterocycles. The van der Waals surface area contributed by atoms with Crippen LogP contribution < -0.4 is 5.73 Å². The van der Waals surface area contributed by atoms with Gasteiger partial charge in [-0.05, 0) is 13.0 Å². The van der Waals surface area contributed by atoms with E-state index in [9.17, 15) is 4.39 Å². The van der Waals surface area contributed by atoms with Crippen molar-refractivity contribution in [3.63, 3.8) is 0 Å². The molecule has 0 spiro atoms. The van der Waals surface area contributed by atoms with E-state index in [-0.39, 0.29) is 10.7 Å². The first-order valence-corrected chi connectivity index (χ1v) is 3.83. The SMILES string of the molecule is CC(O)c1ccc(Cl)c(F)c1N. The molecular formula is C8H9ClFNO. The molecule has 0 aromatic heterocycles. The minimum atomic E-state index is -0.781. The van der Waals surface area contributed by atoms with E-state index in [1.807, 2.05) is 0 Å². The van der Waals surface area contributed by atoms with Gasteiger partial charge in [0.05, 0.1) is 16.8 Å². The first-order chi connectivity index (χ1) is 5.54. The van der Waals surface area contributed by atoms with Crippen LogP contribution >= 0.6 is 11.6 Å². The molecule has 0 aliphatic heterocycles. The van der Waals surface area contributed by atoms with Crippen LogP contribution in [-0.2, 0) is 0 Å². The third-order valence-electron chi connectivity index (χ3n) is 1.62. The average molecular weight is 190 g/mol. The van der Waals surface area contributed by atoms with Crippen LogP contribution in [0.3, 0.4) is 0 Å². The van der Waals surface area contributed by atoms with Gasteiger partial charge in [-0.15, -0.1) is 0 Å². The van der Waals surface area contributed by atoms with E-state index < -0.39 is 11.9 Å². The Morgan fingerprint density at radius 3 is 2.67 bits per heavy atom. The maximum absolute atomic E-state index is 13.0. The molecule has 1 aromatic rings. The molecule has 0 radical (unpaired) electrons. The van der Waals surface area contributed by atoms with Crippen LogP contribution in [0.15, 0.2) is 12.1 Å². The van der Waals surface area contributed by atoms with Crippen LogP contribution in [0.5, 0.6) is 0 Å². The van der Waals surface area contributed by atoms with E-state index in [0.29, 0.717) is 5.56 Å².